The number of nitrogens with zero attached hydrogens (tertiary/aromatic N) is 4. The van der Waals surface area contributed by atoms with Gasteiger partial charge in [0.2, 0.25) is 0 Å². The van der Waals surface area contributed by atoms with Gasteiger partial charge in [0, 0.05) is 61.2 Å². The maximum atomic E-state index is 5.19. The van der Waals surface area contributed by atoms with E-state index in [4.69, 9.17) is 9.97 Å². The lowest BCUT2D eigenvalue weighted by molar-refractivity contribution is 0.818. The molecule has 1 atom stereocenters. The average molecular weight is 945 g/mol. The van der Waals surface area contributed by atoms with Crippen molar-refractivity contribution in [2.24, 2.45) is 0 Å². The Labute approximate surface area is 430 Å². The summed E-state index contributed by atoms with van der Waals surface area (Å²) in [7, 11) is 0. The molecule has 14 rings (SSSR count). The first kappa shape index (κ1) is 43.2. The molecule has 13 aromatic rings. The number of aromatic nitrogens is 4. The third-order valence-electron chi connectivity index (χ3n) is 14.8. The Hall–Kier alpha value is -9.64. The predicted octanol–water partition coefficient (Wildman–Crippen LogP) is 18.3. The number of benzene rings is 9. The van der Waals surface area contributed by atoms with Gasteiger partial charge in [-0.1, -0.05) is 188 Å². The maximum absolute atomic E-state index is 5.19. The molecule has 0 amide bonds. The van der Waals surface area contributed by atoms with E-state index in [0.717, 1.165) is 68.4 Å². The van der Waals surface area contributed by atoms with Gasteiger partial charge in [-0.15, -0.1) is 0 Å². The Morgan fingerprint density at radius 2 is 0.703 bits per heavy atom. The minimum absolute atomic E-state index is 0.249. The summed E-state index contributed by atoms with van der Waals surface area (Å²) in [5.74, 6) is 0.249. The second-order valence-corrected chi connectivity index (χ2v) is 19.3. The molecule has 4 aromatic heterocycles. The molecule has 0 aliphatic heterocycles. The molecule has 0 bridgehead atoms. The Morgan fingerprint density at radius 3 is 1.16 bits per heavy atom. The van der Waals surface area contributed by atoms with Gasteiger partial charge in [-0.05, 0) is 125 Å². The van der Waals surface area contributed by atoms with Crippen LogP contribution in [0.3, 0.4) is 0 Å². The minimum Gasteiger partial charge on any atom is -0.309 e. The van der Waals surface area contributed by atoms with Crippen molar-refractivity contribution in [1.29, 1.82) is 0 Å². The van der Waals surface area contributed by atoms with Crippen LogP contribution < -0.4 is 0 Å². The monoisotopic (exact) mass is 944 g/mol. The first-order chi connectivity index (χ1) is 36.7. The van der Waals surface area contributed by atoms with Gasteiger partial charge in [-0.2, -0.15) is 0 Å². The molecule has 74 heavy (non-hydrogen) atoms. The summed E-state index contributed by atoms with van der Waals surface area (Å²) >= 11 is 0. The summed E-state index contributed by atoms with van der Waals surface area (Å²) in [6, 6.07) is 89.9. The summed E-state index contributed by atoms with van der Waals surface area (Å²) in [6.45, 7) is 0. The number of para-hydroxylation sites is 2. The van der Waals surface area contributed by atoms with Crippen LogP contribution in [0.15, 0.2) is 273 Å². The van der Waals surface area contributed by atoms with Crippen LogP contribution in [0.25, 0.3) is 122 Å². The molecule has 1 aliphatic carbocycles. The second-order valence-electron chi connectivity index (χ2n) is 19.3. The van der Waals surface area contributed by atoms with Gasteiger partial charge in [0.15, 0.2) is 0 Å². The van der Waals surface area contributed by atoms with Crippen molar-refractivity contribution in [3.63, 3.8) is 0 Å². The molecule has 348 valence electrons. The number of rotatable bonds is 9. The van der Waals surface area contributed by atoms with E-state index >= 15 is 0 Å². The van der Waals surface area contributed by atoms with Crippen LogP contribution in [-0.2, 0) is 0 Å². The Kier molecular flexibility index (Phi) is 10.6. The van der Waals surface area contributed by atoms with Crippen LogP contribution in [0.5, 0.6) is 0 Å². The van der Waals surface area contributed by atoms with E-state index in [1.807, 2.05) is 12.1 Å². The van der Waals surface area contributed by atoms with Crippen LogP contribution >= 0.6 is 0 Å². The molecule has 0 spiro atoms. The molecule has 4 heterocycles. The predicted molar refractivity (Wildman–Crippen MR) is 309 cm³/mol. The van der Waals surface area contributed by atoms with E-state index in [9.17, 15) is 0 Å². The molecule has 0 saturated heterocycles. The number of fused-ring (bicyclic) bond motifs is 6. The molecule has 1 unspecified atom stereocenters. The lowest BCUT2D eigenvalue weighted by Crippen LogP contribution is -2.02. The normalized spacial score (nSPS) is 13.4. The van der Waals surface area contributed by atoms with Crippen molar-refractivity contribution in [2.75, 3.05) is 0 Å². The highest BCUT2D eigenvalue weighted by Crippen LogP contribution is 2.40. The average Bonchev–Trinajstić information content (AvgIpc) is 4.02. The summed E-state index contributed by atoms with van der Waals surface area (Å²) in [4.78, 5) is 10.3. The van der Waals surface area contributed by atoms with Gasteiger partial charge in [0.25, 0.3) is 0 Å². The van der Waals surface area contributed by atoms with Gasteiger partial charge in [-0.25, -0.2) is 4.98 Å². The Balaban J connectivity index is 0.811. The number of pyridine rings is 2. The molecular formula is C70H48N4. The zero-order valence-electron chi connectivity index (χ0n) is 40.6. The SMILES string of the molecule is C1=CCC(c2cc(-c3ccc(-n4c5ccccc5c5cc(-c6ccc7c(c6)c6ccccc6n7-c6ccc(-c7cc(-c8ccccc8)nc(-c8ccccc8)c7)cc6)ccc54)cc3)cc(-c3ccccc3)n2)C=C1. The molecule has 9 aromatic carbocycles. The fraction of sp³-hybridized carbons (Fsp3) is 0.0286. The number of hydrogen-bond donors (Lipinski definition) is 0. The van der Waals surface area contributed by atoms with Crippen molar-refractivity contribution in [2.45, 2.75) is 12.3 Å². The molecule has 0 fully saturated rings. The number of hydrogen-bond acceptors (Lipinski definition) is 2. The lowest BCUT2D eigenvalue weighted by atomic mass is 9.93. The van der Waals surface area contributed by atoms with Crippen LogP contribution in [0, 0.1) is 0 Å². The first-order valence-electron chi connectivity index (χ1n) is 25.5. The maximum Gasteiger partial charge on any atom is 0.0715 e. The highest BCUT2D eigenvalue weighted by molar-refractivity contribution is 6.12. The van der Waals surface area contributed by atoms with Crippen molar-refractivity contribution >= 4 is 43.6 Å². The van der Waals surface area contributed by atoms with Gasteiger partial charge in [0.05, 0.1) is 39.1 Å². The molecule has 0 radical (unpaired) electrons. The van der Waals surface area contributed by atoms with Crippen molar-refractivity contribution in [3.05, 3.63) is 279 Å². The molecule has 0 N–H and O–H groups in total. The van der Waals surface area contributed by atoms with E-state index in [1.165, 1.54) is 65.9 Å². The fourth-order valence-electron chi connectivity index (χ4n) is 11.1. The van der Waals surface area contributed by atoms with E-state index in [0.29, 0.717) is 0 Å². The molecule has 4 heteroatoms. The number of allylic oxidation sites excluding steroid dienone is 4. The summed E-state index contributed by atoms with van der Waals surface area (Å²) in [5.41, 5.74) is 21.3. The van der Waals surface area contributed by atoms with E-state index in [2.05, 4.69) is 270 Å². The highest BCUT2D eigenvalue weighted by Gasteiger charge is 2.19. The van der Waals surface area contributed by atoms with Crippen molar-refractivity contribution in [3.8, 4) is 78.5 Å². The zero-order valence-corrected chi connectivity index (χ0v) is 40.6. The topological polar surface area (TPSA) is 35.6 Å². The van der Waals surface area contributed by atoms with Crippen LogP contribution in [0.2, 0.25) is 0 Å². The molecule has 4 nitrogen and oxygen atoms in total. The molecule has 0 saturated carbocycles. The molecule has 1 aliphatic rings. The van der Waals surface area contributed by atoms with Crippen LogP contribution in [0.1, 0.15) is 18.0 Å². The van der Waals surface area contributed by atoms with E-state index in [-0.39, 0.29) is 5.92 Å². The summed E-state index contributed by atoms with van der Waals surface area (Å²) < 4.78 is 4.81. The smallest absolute Gasteiger partial charge is 0.0715 e. The minimum atomic E-state index is 0.249. The van der Waals surface area contributed by atoms with E-state index < -0.39 is 0 Å². The standard InChI is InChI=1S/C70H48N4/c1-5-17-49(18-6-1)63-43-55(44-64(71-63)50-19-7-2-8-20-50)47-29-35-57(36-30-47)73-67-27-15-13-25-59(67)61-41-53(33-39-69(61)73)54-34-40-70-62(42-54)60-26-14-16-28-68(60)74(70)58-37-31-48(32-38-58)56-45-65(51-21-9-3-10-22-51)72-66(46-56)52-23-11-4-12-24-52/h1-23,25-46,52H,24H2. The highest BCUT2D eigenvalue weighted by atomic mass is 15.0. The van der Waals surface area contributed by atoms with Crippen molar-refractivity contribution in [1.82, 2.24) is 19.1 Å². The quantitative estimate of drug-likeness (QED) is 0.145. The van der Waals surface area contributed by atoms with Gasteiger partial charge in [-0.3, -0.25) is 4.98 Å². The lowest BCUT2D eigenvalue weighted by Gasteiger charge is -2.16. The fourth-order valence-corrected chi connectivity index (χ4v) is 11.1. The third kappa shape index (κ3) is 7.72. The van der Waals surface area contributed by atoms with Crippen LogP contribution in [-0.4, -0.2) is 19.1 Å². The summed E-state index contributed by atoms with van der Waals surface area (Å²) in [6.07, 6.45) is 9.71. The van der Waals surface area contributed by atoms with Gasteiger partial charge >= 0.3 is 0 Å². The zero-order chi connectivity index (χ0) is 49.0. The second kappa shape index (κ2) is 18.2. The van der Waals surface area contributed by atoms with Crippen LogP contribution in [0.4, 0.5) is 0 Å². The van der Waals surface area contributed by atoms with Gasteiger partial charge in [0.1, 0.15) is 0 Å². The van der Waals surface area contributed by atoms with Crippen molar-refractivity contribution < 1.29 is 0 Å². The summed E-state index contributed by atoms with van der Waals surface area (Å²) in [5, 5.41) is 4.91. The molecular weight excluding hydrogens is 897 g/mol. The first-order valence-corrected chi connectivity index (χ1v) is 25.5. The Bertz CT molecular complexity index is 4240. The van der Waals surface area contributed by atoms with Gasteiger partial charge < -0.3 is 9.13 Å². The van der Waals surface area contributed by atoms with E-state index in [1.54, 1.807) is 0 Å². The largest absolute Gasteiger partial charge is 0.309 e. The third-order valence-corrected chi connectivity index (χ3v) is 14.8. The Morgan fingerprint density at radius 1 is 0.297 bits per heavy atom.